The highest BCUT2D eigenvalue weighted by Crippen LogP contribution is 2.45. The fraction of sp³-hybridized carbons (Fsp3) is 0.105. The average Bonchev–Trinajstić information content (AvgIpc) is 2.88. The topological polar surface area (TPSA) is 17.1 Å². The third-order valence-corrected chi connectivity index (χ3v) is 5.84. The van der Waals surface area contributed by atoms with Gasteiger partial charge in [0.15, 0.2) is 5.78 Å². The van der Waals surface area contributed by atoms with Gasteiger partial charge in [-0.15, -0.1) is 0 Å². The molecule has 0 heterocycles. The Morgan fingerprint density at radius 3 is 1.73 bits per heavy atom. The van der Waals surface area contributed by atoms with Crippen LogP contribution in [0.4, 0.5) is 0 Å². The highest BCUT2D eigenvalue weighted by molar-refractivity contribution is 8.22. The molecular formula is C19H16OS2. The van der Waals surface area contributed by atoms with Gasteiger partial charge in [0.25, 0.3) is 0 Å². The number of ketones is 1. The summed E-state index contributed by atoms with van der Waals surface area (Å²) in [6, 6.07) is 20.5. The van der Waals surface area contributed by atoms with Crippen molar-refractivity contribution in [2.45, 2.75) is 22.6 Å². The van der Waals surface area contributed by atoms with Crippen molar-refractivity contribution in [1.82, 2.24) is 0 Å². The highest BCUT2D eigenvalue weighted by atomic mass is 32.2. The van der Waals surface area contributed by atoms with E-state index in [0.717, 1.165) is 16.2 Å². The first kappa shape index (κ1) is 15.2. The first-order chi connectivity index (χ1) is 10.7. The number of hydrogen-bond donors (Lipinski definition) is 0. The number of Topliss-reactive ketones (excluding diaryl/α,β-unsaturated/α-hetero) is 1. The molecule has 0 N–H and O–H groups in total. The molecule has 0 unspecified atom stereocenters. The maximum absolute atomic E-state index is 11.8. The number of rotatable bonds is 4. The van der Waals surface area contributed by atoms with Crippen LogP contribution in [0.25, 0.3) is 0 Å². The number of hydrogen-bond acceptors (Lipinski definition) is 3. The molecule has 2 aromatic rings. The van der Waals surface area contributed by atoms with Gasteiger partial charge in [-0.1, -0.05) is 66.5 Å². The van der Waals surface area contributed by atoms with Crippen molar-refractivity contribution in [1.29, 1.82) is 0 Å². The molecule has 0 aromatic heterocycles. The number of benzene rings is 2. The Morgan fingerprint density at radius 2 is 1.32 bits per heavy atom. The molecule has 1 fully saturated rings. The van der Waals surface area contributed by atoms with Gasteiger partial charge in [-0.25, -0.2) is 0 Å². The minimum atomic E-state index is 0.176. The summed E-state index contributed by atoms with van der Waals surface area (Å²) >= 11 is 3.43. The molecule has 0 radical (unpaired) electrons. The predicted octanol–water partition coefficient (Wildman–Crippen LogP) is 5.70. The minimum Gasteiger partial charge on any atom is -0.294 e. The van der Waals surface area contributed by atoms with E-state index in [1.165, 1.54) is 9.79 Å². The van der Waals surface area contributed by atoms with Gasteiger partial charge < -0.3 is 0 Å². The normalized spacial score (nSPS) is 14.5. The summed E-state index contributed by atoms with van der Waals surface area (Å²) in [5, 5.41) is 0. The molecule has 0 aliphatic heterocycles. The van der Waals surface area contributed by atoms with Crippen molar-refractivity contribution in [2.24, 2.45) is 0 Å². The molecule has 110 valence electrons. The molecule has 1 aliphatic carbocycles. The van der Waals surface area contributed by atoms with Gasteiger partial charge in [-0.3, -0.25) is 4.79 Å². The predicted molar refractivity (Wildman–Crippen MR) is 95.0 cm³/mol. The molecule has 0 atom stereocenters. The fourth-order valence-electron chi connectivity index (χ4n) is 2.27. The van der Waals surface area contributed by atoms with E-state index in [2.05, 4.69) is 30.8 Å². The van der Waals surface area contributed by atoms with Crippen LogP contribution < -0.4 is 0 Å². The van der Waals surface area contributed by atoms with Crippen LogP contribution in [0.1, 0.15) is 12.8 Å². The van der Waals surface area contributed by atoms with Crippen molar-refractivity contribution in [3.8, 4) is 0 Å². The molecule has 22 heavy (non-hydrogen) atoms. The number of carbonyl (C=O) groups is 1. The van der Waals surface area contributed by atoms with Crippen molar-refractivity contribution in [2.75, 3.05) is 0 Å². The third kappa shape index (κ3) is 3.54. The Hall–Kier alpha value is -1.71. The molecular weight excluding hydrogens is 308 g/mol. The van der Waals surface area contributed by atoms with Gasteiger partial charge in [0.2, 0.25) is 0 Å². The summed E-state index contributed by atoms with van der Waals surface area (Å²) in [7, 11) is 0. The number of thioether (sulfide) groups is 2. The van der Waals surface area contributed by atoms with Gasteiger partial charge in [-0.2, -0.15) is 0 Å². The number of allylic oxidation sites excluding steroid dienone is 2. The maximum atomic E-state index is 11.8. The van der Waals surface area contributed by atoms with Crippen molar-refractivity contribution < 1.29 is 4.79 Å². The average molecular weight is 324 g/mol. The molecule has 3 heteroatoms. The minimum absolute atomic E-state index is 0.176. The van der Waals surface area contributed by atoms with Crippen molar-refractivity contribution in [3.63, 3.8) is 0 Å². The van der Waals surface area contributed by atoms with Crippen LogP contribution in [0.3, 0.4) is 0 Å². The Kier molecular flexibility index (Phi) is 4.86. The zero-order chi connectivity index (χ0) is 15.4. The van der Waals surface area contributed by atoms with Gasteiger partial charge in [0.05, 0.1) is 4.24 Å². The lowest BCUT2D eigenvalue weighted by molar-refractivity contribution is -0.114. The van der Waals surface area contributed by atoms with Crippen molar-refractivity contribution in [3.05, 3.63) is 82.6 Å². The Morgan fingerprint density at radius 1 is 0.818 bits per heavy atom. The highest BCUT2D eigenvalue weighted by Gasteiger charge is 2.24. The Labute approximate surface area is 139 Å². The van der Waals surface area contributed by atoms with E-state index in [1.807, 2.05) is 36.4 Å². The number of carbonyl (C=O) groups excluding carboxylic acids is 1. The van der Waals surface area contributed by atoms with Crippen LogP contribution in [0.15, 0.2) is 92.4 Å². The largest absolute Gasteiger partial charge is 0.294 e. The van der Waals surface area contributed by atoms with Crippen LogP contribution in [-0.4, -0.2) is 5.78 Å². The Bertz CT molecular complexity index is 674. The van der Waals surface area contributed by atoms with Crippen LogP contribution in [0.2, 0.25) is 0 Å². The zero-order valence-corrected chi connectivity index (χ0v) is 13.8. The molecule has 1 aliphatic rings. The SMILES string of the molecule is C=C1C(=O)CCC1=C(Sc1ccccc1)Sc1ccccc1. The standard InChI is InChI=1S/C19H16OS2/c1-14-17(12-13-18(14)20)19(21-15-8-4-2-5-9-15)22-16-10-6-3-7-11-16/h2-11H,1,12-13H2. The monoisotopic (exact) mass is 324 g/mol. The Balaban J connectivity index is 1.94. The zero-order valence-electron chi connectivity index (χ0n) is 12.1. The quantitative estimate of drug-likeness (QED) is 0.530. The van der Waals surface area contributed by atoms with Gasteiger partial charge >= 0.3 is 0 Å². The summed E-state index contributed by atoms with van der Waals surface area (Å²) < 4.78 is 1.16. The molecule has 1 saturated carbocycles. The van der Waals surface area contributed by atoms with Gasteiger partial charge in [0, 0.05) is 21.8 Å². The summed E-state index contributed by atoms with van der Waals surface area (Å²) in [5.74, 6) is 0.176. The fourth-order valence-corrected chi connectivity index (χ4v) is 4.72. The smallest absolute Gasteiger partial charge is 0.162 e. The first-order valence-electron chi connectivity index (χ1n) is 7.15. The van der Waals surface area contributed by atoms with E-state index in [1.54, 1.807) is 23.5 Å². The summed E-state index contributed by atoms with van der Waals surface area (Å²) in [6.45, 7) is 3.99. The van der Waals surface area contributed by atoms with Crippen LogP contribution in [0, 0.1) is 0 Å². The first-order valence-corrected chi connectivity index (χ1v) is 8.79. The lowest BCUT2D eigenvalue weighted by atomic mass is 10.2. The second kappa shape index (κ2) is 7.03. The van der Waals surface area contributed by atoms with E-state index in [-0.39, 0.29) is 5.78 Å². The van der Waals surface area contributed by atoms with Crippen LogP contribution >= 0.6 is 23.5 Å². The maximum Gasteiger partial charge on any atom is 0.162 e. The third-order valence-electron chi connectivity index (χ3n) is 3.46. The second-order valence-corrected chi connectivity index (χ2v) is 7.42. The second-order valence-electron chi connectivity index (χ2n) is 5.00. The lowest BCUT2D eigenvalue weighted by Crippen LogP contribution is -1.91. The van der Waals surface area contributed by atoms with E-state index >= 15 is 0 Å². The summed E-state index contributed by atoms with van der Waals surface area (Å²) in [4.78, 5) is 14.2. The molecule has 2 aromatic carbocycles. The summed E-state index contributed by atoms with van der Waals surface area (Å²) in [6.07, 6.45) is 1.38. The van der Waals surface area contributed by atoms with E-state index < -0.39 is 0 Å². The van der Waals surface area contributed by atoms with Gasteiger partial charge in [-0.05, 0) is 36.3 Å². The molecule has 3 rings (SSSR count). The summed E-state index contributed by atoms with van der Waals surface area (Å²) in [5.41, 5.74) is 1.79. The molecule has 0 spiro atoms. The van der Waals surface area contributed by atoms with Crippen LogP contribution in [-0.2, 0) is 4.79 Å². The van der Waals surface area contributed by atoms with E-state index in [9.17, 15) is 4.79 Å². The lowest BCUT2D eigenvalue weighted by Gasteiger charge is -2.11. The van der Waals surface area contributed by atoms with E-state index in [4.69, 9.17) is 0 Å². The van der Waals surface area contributed by atoms with Crippen molar-refractivity contribution >= 4 is 29.3 Å². The molecule has 0 bridgehead atoms. The molecule has 0 saturated heterocycles. The van der Waals surface area contributed by atoms with E-state index in [0.29, 0.717) is 12.0 Å². The molecule has 1 nitrogen and oxygen atoms in total. The molecule has 0 amide bonds. The van der Waals surface area contributed by atoms with Crippen LogP contribution in [0.5, 0.6) is 0 Å². The van der Waals surface area contributed by atoms with Gasteiger partial charge in [0.1, 0.15) is 0 Å².